The largest absolute Gasteiger partial charge is 0.462 e. The van der Waals surface area contributed by atoms with Crippen molar-refractivity contribution in [3.8, 4) is 0 Å². The van der Waals surface area contributed by atoms with Crippen molar-refractivity contribution >= 4 is 33.3 Å². The molecule has 0 bridgehead atoms. The Kier molecular flexibility index (Phi) is 8.34. The first-order valence-corrected chi connectivity index (χ1v) is 12.1. The highest BCUT2D eigenvalue weighted by molar-refractivity contribution is 7.97. The molecule has 2 rings (SSSR count). The standard InChI is InChI=1S/C22H30O8S/c1-13(2)11-29-21(25)16-10-17(23)18(22(26)30-12-14(3)4)20(19(16)24)31(27,28)15-8-6-5-7-9-15/h10,13-15H,5-9,11-12H2,1-4H3. The summed E-state index contributed by atoms with van der Waals surface area (Å²) in [4.78, 5) is 50.0. The Morgan fingerprint density at radius 3 is 1.97 bits per heavy atom. The van der Waals surface area contributed by atoms with Crippen LogP contribution in [0.3, 0.4) is 0 Å². The molecule has 0 unspecified atom stereocenters. The third-order valence-corrected chi connectivity index (χ3v) is 7.30. The summed E-state index contributed by atoms with van der Waals surface area (Å²) >= 11 is 0. The van der Waals surface area contributed by atoms with Crippen molar-refractivity contribution in [2.24, 2.45) is 11.8 Å². The molecule has 0 aromatic rings. The lowest BCUT2D eigenvalue weighted by atomic mass is 9.96. The second-order valence-electron chi connectivity index (χ2n) is 8.75. The molecule has 2 aliphatic rings. The molecule has 0 radical (unpaired) electrons. The van der Waals surface area contributed by atoms with E-state index in [4.69, 9.17) is 9.47 Å². The molecule has 0 spiro atoms. The summed E-state index contributed by atoms with van der Waals surface area (Å²) in [6.45, 7) is 7.08. The smallest absolute Gasteiger partial charge is 0.343 e. The van der Waals surface area contributed by atoms with Crippen LogP contribution in [0.2, 0.25) is 0 Å². The fourth-order valence-electron chi connectivity index (χ4n) is 3.41. The number of ketones is 2. The van der Waals surface area contributed by atoms with Gasteiger partial charge in [0.25, 0.3) is 0 Å². The van der Waals surface area contributed by atoms with E-state index < -0.39 is 54.6 Å². The van der Waals surface area contributed by atoms with Crippen molar-refractivity contribution in [1.29, 1.82) is 0 Å². The van der Waals surface area contributed by atoms with Crippen molar-refractivity contribution in [1.82, 2.24) is 0 Å². The van der Waals surface area contributed by atoms with Gasteiger partial charge in [-0.15, -0.1) is 0 Å². The number of sulfone groups is 1. The number of esters is 2. The molecule has 1 saturated carbocycles. The Hall–Kier alpha value is -2.29. The zero-order valence-corrected chi connectivity index (χ0v) is 19.2. The van der Waals surface area contributed by atoms with E-state index in [0.717, 1.165) is 6.42 Å². The van der Waals surface area contributed by atoms with Crippen molar-refractivity contribution in [2.45, 2.75) is 65.0 Å². The number of hydrogen-bond acceptors (Lipinski definition) is 8. The van der Waals surface area contributed by atoms with E-state index in [9.17, 15) is 27.6 Å². The number of carbonyl (C=O) groups is 4. The van der Waals surface area contributed by atoms with E-state index in [1.807, 2.05) is 0 Å². The van der Waals surface area contributed by atoms with E-state index in [2.05, 4.69) is 0 Å². The predicted octanol–water partition coefficient (Wildman–Crippen LogP) is 2.46. The van der Waals surface area contributed by atoms with Crippen LogP contribution < -0.4 is 0 Å². The summed E-state index contributed by atoms with van der Waals surface area (Å²) < 4.78 is 36.8. The maximum absolute atomic E-state index is 13.4. The fraction of sp³-hybridized carbons (Fsp3) is 0.636. The van der Waals surface area contributed by atoms with Gasteiger partial charge in [0.2, 0.25) is 5.78 Å². The highest BCUT2D eigenvalue weighted by Crippen LogP contribution is 2.34. The highest BCUT2D eigenvalue weighted by Gasteiger charge is 2.45. The Bertz CT molecular complexity index is 915. The normalized spacial score (nSPS) is 18.5. The first-order valence-electron chi connectivity index (χ1n) is 10.6. The van der Waals surface area contributed by atoms with Gasteiger partial charge in [0.05, 0.1) is 18.5 Å². The van der Waals surface area contributed by atoms with Crippen LogP contribution in [0.25, 0.3) is 0 Å². The van der Waals surface area contributed by atoms with Crippen molar-refractivity contribution in [2.75, 3.05) is 13.2 Å². The second-order valence-corrected chi connectivity index (χ2v) is 10.9. The van der Waals surface area contributed by atoms with Crippen LogP contribution in [-0.2, 0) is 38.5 Å². The third kappa shape index (κ3) is 5.90. The minimum Gasteiger partial charge on any atom is -0.462 e. The Morgan fingerprint density at radius 1 is 0.935 bits per heavy atom. The molecular formula is C22H30O8S. The Labute approximate surface area is 183 Å². The second kappa shape index (κ2) is 10.3. The van der Waals surface area contributed by atoms with Crippen molar-refractivity contribution in [3.63, 3.8) is 0 Å². The van der Waals surface area contributed by atoms with Crippen LogP contribution in [0.5, 0.6) is 0 Å². The van der Waals surface area contributed by atoms with Gasteiger partial charge >= 0.3 is 11.9 Å². The van der Waals surface area contributed by atoms with Gasteiger partial charge in [0.1, 0.15) is 16.1 Å². The van der Waals surface area contributed by atoms with E-state index >= 15 is 0 Å². The molecule has 8 nitrogen and oxygen atoms in total. The Morgan fingerprint density at radius 2 is 1.45 bits per heavy atom. The lowest BCUT2D eigenvalue weighted by molar-refractivity contribution is -0.143. The van der Waals surface area contributed by atoms with Gasteiger partial charge in [-0.05, 0) is 24.7 Å². The fourth-order valence-corrected chi connectivity index (χ4v) is 5.53. The molecule has 172 valence electrons. The Balaban J connectivity index is 2.52. The molecule has 0 N–H and O–H groups in total. The number of ether oxygens (including phenoxy) is 2. The van der Waals surface area contributed by atoms with Gasteiger partial charge in [-0.2, -0.15) is 0 Å². The molecular weight excluding hydrogens is 424 g/mol. The van der Waals surface area contributed by atoms with E-state index in [0.29, 0.717) is 31.8 Å². The summed E-state index contributed by atoms with van der Waals surface area (Å²) in [7, 11) is -4.34. The average molecular weight is 455 g/mol. The van der Waals surface area contributed by atoms with Gasteiger partial charge in [-0.25, -0.2) is 18.0 Å². The first-order chi connectivity index (χ1) is 14.5. The van der Waals surface area contributed by atoms with Gasteiger partial charge in [0.15, 0.2) is 15.6 Å². The van der Waals surface area contributed by atoms with Crippen LogP contribution in [0.1, 0.15) is 59.8 Å². The van der Waals surface area contributed by atoms with E-state index in [-0.39, 0.29) is 25.0 Å². The van der Waals surface area contributed by atoms with Crippen LogP contribution >= 0.6 is 0 Å². The third-order valence-electron chi connectivity index (χ3n) is 4.99. The topological polar surface area (TPSA) is 121 Å². The summed E-state index contributed by atoms with van der Waals surface area (Å²) in [5.74, 6) is -4.57. The summed E-state index contributed by atoms with van der Waals surface area (Å²) in [6.07, 6.45) is 3.50. The number of Topliss-reactive ketones (excluding diaryl/α,β-unsaturated/α-hetero) is 1. The van der Waals surface area contributed by atoms with Gasteiger partial charge in [0, 0.05) is 6.08 Å². The zero-order valence-electron chi connectivity index (χ0n) is 18.4. The minimum absolute atomic E-state index is 0.00461. The predicted molar refractivity (Wildman–Crippen MR) is 113 cm³/mol. The summed E-state index contributed by atoms with van der Waals surface area (Å²) in [5, 5.41) is -0.896. The van der Waals surface area contributed by atoms with E-state index in [1.165, 1.54) is 0 Å². The van der Waals surface area contributed by atoms with Gasteiger partial charge in [-0.1, -0.05) is 47.0 Å². The molecule has 0 saturated heterocycles. The lowest BCUT2D eigenvalue weighted by Gasteiger charge is -2.25. The molecule has 0 amide bonds. The maximum atomic E-state index is 13.4. The monoisotopic (exact) mass is 454 g/mol. The molecule has 9 heteroatoms. The summed E-state index contributed by atoms with van der Waals surface area (Å²) in [6, 6.07) is 0. The number of hydrogen-bond donors (Lipinski definition) is 0. The minimum atomic E-state index is -4.34. The van der Waals surface area contributed by atoms with Gasteiger partial charge in [-0.3, -0.25) is 9.59 Å². The molecule has 31 heavy (non-hydrogen) atoms. The summed E-state index contributed by atoms with van der Waals surface area (Å²) in [5.41, 5.74) is -1.50. The maximum Gasteiger partial charge on any atom is 0.343 e. The zero-order chi connectivity index (χ0) is 23.3. The first kappa shape index (κ1) is 25.0. The molecule has 0 heterocycles. The number of rotatable bonds is 8. The van der Waals surface area contributed by atoms with E-state index in [1.54, 1.807) is 27.7 Å². The van der Waals surface area contributed by atoms with Crippen molar-refractivity contribution in [3.05, 3.63) is 22.1 Å². The van der Waals surface area contributed by atoms with Crippen LogP contribution in [0.15, 0.2) is 22.1 Å². The van der Waals surface area contributed by atoms with Crippen LogP contribution in [0.4, 0.5) is 0 Å². The number of carbonyl (C=O) groups excluding carboxylic acids is 4. The van der Waals surface area contributed by atoms with Crippen LogP contribution in [0, 0.1) is 11.8 Å². The SMILES string of the molecule is CC(C)COC(=O)C1=CC(=O)C(C(=O)OCC(C)C)=C(S(=O)(=O)C2CCCCC2)C1=O. The molecule has 0 aromatic carbocycles. The van der Waals surface area contributed by atoms with Crippen LogP contribution in [-0.4, -0.2) is 50.4 Å². The quantitative estimate of drug-likeness (QED) is 0.311. The van der Waals surface area contributed by atoms with Gasteiger partial charge < -0.3 is 9.47 Å². The highest BCUT2D eigenvalue weighted by atomic mass is 32.2. The lowest BCUT2D eigenvalue weighted by Crippen LogP contribution is -2.37. The molecule has 1 fully saturated rings. The molecule has 2 aliphatic carbocycles. The number of allylic oxidation sites excluding steroid dienone is 2. The molecule has 0 aliphatic heterocycles. The molecule has 0 atom stereocenters. The average Bonchev–Trinajstić information content (AvgIpc) is 2.71. The van der Waals surface area contributed by atoms with Crippen molar-refractivity contribution < 1.29 is 37.1 Å². The molecule has 0 aromatic heterocycles.